The molecular formula is C18H17ClF4N2O4S. The summed E-state index contributed by atoms with van der Waals surface area (Å²) >= 11 is 6.75. The molecule has 0 bridgehead atoms. The maximum atomic E-state index is 14.6. The van der Waals surface area contributed by atoms with Gasteiger partial charge < -0.3 is 5.11 Å². The fraction of sp³-hybridized carbons (Fsp3) is 0.389. The van der Waals surface area contributed by atoms with Gasteiger partial charge in [0.1, 0.15) is 16.8 Å². The molecule has 164 valence electrons. The van der Waals surface area contributed by atoms with Gasteiger partial charge in [-0.1, -0.05) is 25.4 Å². The van der Waals surface area contributed by atoms with Crippen LogP contribution in [0.5, 0.6) is 0 Å². The van der Waals surface area contributed by atoms with Gasteiger partial charge in [-0.2, -0.15) is 13.2 Å². The molecule has 0 amide bonds. The zero-order valence-corrected chi connectivity index (χ0v) is 17.6. The topological polar surface area (TPSA) is 81.3 Å². The van der Waals surface area contributed by atoms with Gasteiger partial charge in [0.25, 0.3) is 5.56 Å². The molecular weight excluding hydrogens is 452 g/mol. The van der Waals surface area contributed by atoms with E-state index >= 15 is 0 Å². The van der Waals surface area contributed by atoms with E-state index in [0.29, 0.717) is 4.57 Å². The van der Waals surface area contributed by atoms with Crippen LogP contribution in [0.1, 0.15) is 31.5 Å². The highest BCUT2D eigenvalue weighted by Gasteiger charge is 2.38. The number of hydrogen-bond donors (Lipinski definition) is 1. The Bertz CT molecular complexity index is 1110. The fourth-order valence-electron chi connectivity index (χ4n) is 2.91. The third kappa shape index (κ3) is 4.41. The maximum absolute atomic E-state index is 14.6. The first-order chi connectivity index (χ1) is 13.8. The maximum Gasteiger partial charge on any atom is 0.432 e. The number of aromatic nitrogens is 2. The molecule has 1 unspecified atom stereocenters. The number of thioether (sulfide) groups is 1. The lowest BCUT2D eigenvalue weighted by atomic mass is 10.1. The van der Waals surface area contributed by atoms with Gasteiger partial charge in [-0.15, -0.1) is 11.8 Å². The molecule has 1 atom stereocenters. The summed E-state index contributed by atoms with van der Waals surface area (Å²) in [5, 5.41) is 8.11. The molecule has 1 aromatic heterocycles. The molecule has 0 aliphatic rings. The largest absolute Gasteiger partial charge is 0.480 e. The summed E-state index contributed by atoms with van der Waals surface area (Å²) in [5.41, 5.74) is -5.43. The number of rotatable bonds is 6. The number of carbonyl (C=O) groups is 1. The molecule has 0 saturated carbocycles. The summed E-state index contributed by atoms with van der Waals surface area (Å²) in [7, 11) is 0.835. The van der Waals surface area contributed by atoms with Gasteiger partial charge in [-0.05, 0) is 25.0 Å². The summed E-state index contributed by atoms with van der Waals surface area (Å²) in [6.45, 7) is 2.91. The van der Waals surface area contributed by atoms with Crippen LogP contribution >= 0.6 is 23.4 Å². The highest BCUT2D eigenvalue weighted by atomic mass is 35.5. The number of alkyl halides is 3. The minimum absolute atomic E-state index is 0.0641. The van der Waals surface area contributed by atoms with E-state index in [4.69, 9.17) is 11.6 Å². The van der Waals surface area contributed by atoms with E-state index in [1.807, 2.05) is 0 Å². The Morgan fingerprint density at radius 2 is 1.87 bits per heavy atom. The summed E-state index contributed by atoms with van der Waals surface area (Å²) in [6.07, 6.45) is -5.12. The van der Waals surface area contributed by atoms with Gasteiger partial charge in [0.2, 0.25) is 0 Å². The highest BCUT2D eigenvalue weighted by molar-refractivity contribution is 8.00. The number of benzene rings is 1. The minimum atomic E-state index is -4.97. The van der Waals surface area contributed by atoms with Crippen LogP contribution in [-0.4, -0.2) is 25.5 Å². The van der Waals surface area contributed by atoms with Crippen molar-refractivity contribution in [2.75, 3.05) is 0 Å². The monoisotopic (exact) mass is 468 g/mol. The molecule has 30 heavy (non-hydrogen) atoms. The molecule has 0 saturated heterocycles. The van der Waals surface area contributed by atoms with Crippen LogP contribution in [0.3, 0.4) is 0 Å². The van der Waals surface area contributed by atoms with E-state index in [2.05, 4.69) is 0 Å². The standard InChI is InChI=1S/C18H17ClF4N2O4S/c1-4-8-14(18(21,22)23)24(3)17(29)25(15(8)26)11-7-13(9(19)6-10(11)20)30-12(5-2)16(27)28/h6-7,12H,4-5H2,1-3H3,(H,27,28). The third-order valence-corrected chi connectivity index (χ3v) is 6.18. The summed E-state index contributed by atoms with van der Waals surface area (Å²) in [4.78, 5) is 36.7. The predicted octanol–water partition coefficient (Wildman–Crippen LogP) is 3.87. The van der Waals surface area contributed by atoms with Crippen molar-refractivity contribution < 1.29 is 27.5 Å². The Hall–Kier alpha value is -2.27. The van der Waals surface area contributed by atoms with Gasteiger partial charge in [0.05, 0.1) is 10.7 Å². The van der Waals surface area contributed by atoms with E-state index in [9.17, 15) is 37.1 Å². The summed E-state index contributed by atoms with van der Waals surface area (Å²) < 4.78 is 55.3. The van der Waals surface area contributed by atoms with Crippen LogP contribution in [0.15, 0.2) is 26.6 Å². The van der Waals surface area contributed by atoms with Gasteiger partial charge in [0.15, 0.2) is 0 Å². The van der Waals surface area contributed by atoms with Crippen molar-refractivity contribution in [1.29, 1.82) is 0 Å². The number of halogens is 5. The molecule has 0 aliphatic heterocycles. The molecule has 2 rings (SSSR count). The lowest BCUT2D eigenvalue weighted by molar-refractivity contribution is -0.144. The van der Waals surface area contributed by atoms with Gasteiger partial charge in [-0.25, -0.2) is 13.8 Å². The first-order valence-corrected chi connectivity index (χ1v) is 9.91. The average molecular weight is 469 g/mol. The van der Waals surface area contributed by atoms with Crippen molar-refractivity contribution >= 4 is 29.3 Å². The molecule has 1 N–H and O–H groups in total. The molecule has 1 heterocycles. The SMILES string of the molecule is CCc1c(C(F)(F)F)n(C)c(=O)n(-c2cc(SC(CC)C(=O)O)c(Cl)cc2F)c1=O. The van der Waals surface area contributed by atoms with Crippen molar-refractivity contribution in [2.45, 2.75) is 43.0 Å². The summed E-state index contributed by atoms with van der Waals surface area (Å²) in [6, 6.07) is 1.77. The number of carboxylic acids is 1. The molecule has 1 aromatic carbocycles. The van der Waals surface area contributed by atoms with Crippen LogP contribution < -0.4 is 11.2 Å². The first-order valence-electron chi connectivity index (χ1n) is 8.66. The van der Waals surface area contributed by atoms with Crippen molar-refractivity contribution in [3.05, 3.63) is 55.1 Å². The van der Waals surface area contributed by atoms with Crippen LogP contribution in [0.4, 0.5) is 17.6 Å². The van der Waals surface area contributed by atoms with E-state index < -0.39 is 51.4 Å². The Morgan fingerprint density at radius 1 is 1.27 bits per heavy atom. The second-order valence-electron chi connectivity index (χ2n) is 6.25. The molecule has 0 aliphatic carbocycles. The molecule has 0 radical (unpaired) electrons. The fourth-order valence-corrected chi connectivity index (χ4v) is 4.11. The predicted molar refractivity (Wildman–Crippen MR) is 104 cm³/mol. The first kappa shape index (κ1) is 24.0. The Labute approximate surface area is 177 Å². The van der Waals surface area contributed by atoms with Crippen molar-refractivity contribution in [3.8, 4) is 5.69 Å². The van der Waals surface area contributed by atoms with Crippen LogP contribution in [0.2, 0.25) is 5.02 Å². The number of carboxylic acid groups (broad SMARTS) is 1. The zero-order valence-electron chi connectivity index (χ0n) is 16.0. The van der Waals surface area contributed by atoms with Crippen LogP contribution in [0.25, 0.3) is 5.69 Å². The molecule has 12 heteroatoms. The zero-order chi connectivity index (χ0) is 23.0. The number of hydrogen-bond acceptors (Lipinski definition) is 4. The van der Waals surface area contributed by atoms with Crippen LogP contribution in [-0.2, 0) is 24.4 Å². The quantitative estimate of drug-likeness (QED) is 0.514. The van der Waals surface area contributed by atoms with E-state index in [1.165, 1.54) is 6.92 Å². The number of nitrogens with zero attached hydrogens (tertiary/aromatic N) is 2. The Kier molecular flexibility index (Phi) is 7.08. The molecule has 0 fully saturated rings. The van der Waals surface area contributed by atoms with Crippen LogP contribution in [0, 0.1) is 5.82 Å². The normalized spacial score (nSPS) is 12.8. The lowest BCUT2D eigenvalue weighted by Crippen LogP contribution is -2.44. The van der Waals surface area contributed by atoms with Crippen molar-refractivity contribution in [1.82, 2.24) is 9.13 Å². The smallest absolute Gasteiger partial charge is 0.432 e. The average Bonchev–Trinajstić information content (AvgIpc) is 2.63. The van der Waals surface area contributed by atoms with E-state index in [-0.39, 0.29) is 27.3 Å². The molecule has 0 spiro atoms. The van der Waals surface area contributed by atoms with Gasteiger partial charge in [0, 0.05) is 17.5 Å². The molecule has 6 nitrogen and oxygen atoms in total. The lowest BCUT2D eigenvalue weighted by Gasteiger charge is -2.19. The molecule has 2 aromatic rings. The third-order valence-electron chi connectivity index (χ3n) is 4.34. The van der Waals surface area contributed by atoms with Crippen molar-refractivity contribution in [3.63, 3.8) is 0 Å². The van der Waals surface area contributed by atoms with Gasteiger partial charge in [-0.3, -0.25) is 14.2 Å². The van der Waals surface area contributed by atoms with E-state index in [0.717, 1.165) is 30.9 Å². The van der Waals surface area contributed by atoms with Gasteiger partial charge >= 0.3 is 17.8 Å². The van der Waals surface area contributed by atoms with Crippen molar-refractivity contribution in [2.24, 2.45) is 7.05 Å². The number of aliphatic carboxylic acids is 1. The minimum Gasteiger partial charge on any atom is -0.480 e. The second kappa shape index (κ2) is 8.84. The highest BCUT2D eigenvalue weighted by Crippen LogP contribution is 2.35. The van der Waals surface area contributed by atoms with E-state index in [1.54, 1.807) is 6.92 Å². The second-order valence-corrected chi connectivity index (χ2v) is 7.90. The summed E-state index contributed by atoms with van der Waals surface area (Å²) in [5.74, 6) is -2.27. The Morgan fingerprint density at radius 3 is 2.33 bits per heavy atom. The Balaban J connectivity index is 2.84.